The molecule has 2 aromatic rings. The number of benzene rings is 2. The highest BCUT2D eigenvalue weighted by Crippen LogP contribution is 2.22. The van der Waals surface area contributed by atoms with Crippen molar-refractivity contribution in [2.75, 3.05) is 0 Å². The van der Waals surface area contributed by atoms with Gasteiger partial charge in [-0.2, -0.15) is 0 Å². The number of ketones is 1. The Bertz CT molecular complexity index is 732. The van der Waals surface area contributed by atoms with Gasteiger partial charge in [0.2, 0.25) is 0 Å². The number of hydrogen-bond acceptors (Lipinski definition) is 3. The number of carboxylic acids is 2. The maximum Gasteiger partial charge on any atom is 0.337 e. The molecule has 106 valence electrons. The molecule has 0 heterocycles. The zero-order chi connectivity index (χ0) is 15.6. The largest absolute Gasteiger partial charge is 0.478 e. The molecule has 5 nitrogen and oxygen atoms in total. The van der Waals surface area contributed by atoms with Gasteiger partial charge < -0.3 is 10.2 Å². The Kier molecular flexibility index (Phi) is 3.84. The summed E-state index contributed by atoms with van der Waals surface area (Å²) >= 11 is 0. The monoisotopic (exact) mass is 284 g/mol. The number of aryl methyl sites for hydroxylation is 1. The first-order chi connectivity index (χ1) is 9.93. The second-order valence-electron chi connectivity index (χ2n) is 4.49. The molecule has 2 aromatic carbocycles. The minimum absolute atomic E-state index is 0.128. The van der Waals surface area contributed by atoms with E-state index in [1.165, 1.54) is 19.1 Å². The van der Waals surface area contributed by atoms with Crippen molar-refractivity contribution in [1.29, 1.82) is 0 Å². The Labute approximate surface area is 120 Å². The van der Waals surface area contributed by atoms with E-state index in [1.54, 1.807) is 30.3 Å². The summed E-state index contributed by atoms with van der Waals surface area (Å²) in [7, 11) is 0. The maximum absolute atomic E-state index is 12.4. The van der Waals surface area contributed by atoms with Crippen LogP contribution in [0.15, 0.2) is 42.5 Å². The van der Waals surface area contributed by atoms with E-state index in [4.69, 9.17) is 0 Å². The maximum atomic E-state index is 12.4. The van der Waals surface area contributed by atoms with E-state index in [1.807, 2.05) is 0 Å². The molecule has 0 aliphatic heterocycles. The van der Waals surface area contributed by atoms with Crippen LogP contribution in [0.4, 0.5) is 0 Å². The summed E-state index contributed by atoms with van der Waals surface area (Å²) < 4.78 is 0. The molecule has 0 radical (unpaired) electrons. The summed E-state index contributed by atoms with van der Waals surface area (Å²) in [5.41, 5.74) is -0.359. The van der Waals surface area contributed by atoms with Crippen LogP contribution in [-0.4, -0.2) is 27.9 Å². The number of hydrogen-bond donors (Lipinski definition) is 2. The molecule has 0 fully saturated rings. The van der Waals surface area contributed by atoms with E-state index < -0.39 is 23.3 Å². The van der Waals surface area contributed by atoms with Crippen molar-refractivity contribution in [2.24, 2.45) is 0 Å². The quantitative estimate of drug-likeness (QED) is 0.842. The van der Waals surface area contributed by atoms with E-state index >= 15 is 0 Å². The Balaban J connectivity index is 2.70. The lowest BCUT2D eigenvalue weighted by atomic mass is 9.92. The first-order valence-electron chi connectivity index (χ1n) is 6.13. The molecule has 0 atom stereocenters. The topological polar surface area (TPSA) is 91.7 Å². The minimum atomic E-state index is -1.43. The summed E-state index contributed by atoms with van der Waals surface area (Å²) in [4.78, 5) is 35.1. The van der Waals surface area contributed by atoms with Crippen LogP contribution in [0.5, 0.6) is 0 Å². The van der Waals surface area contributed by atoms with Gasteiger partial charge in [0.05, 0.1) is 11.1 Å². The Morgan fingerprint density at radius 1 is 0.810 bits per heavy atom. The third-order valence-electron chi connectivity index (χ3n) is 3.12. The number of aromatic carboxylic acids is 2. The second-order valence-corrected chi connectivity index (χ2v) is 4.49. The van der Waals surface area contributed by atoms with Crippen LogP contribution >= 0.6 is 0 Å². The third kappa shape index (κ3) is 2.67. The highest BCUT2D eigenvalue weighted by Gasteiger charge is 2.26. The van der Waals surface area contributed by atoms with Gasteiger partial charge in [-0.05, 0) is 18.6 Å². The molecule has 2 N–H and O–H groups in total. The Hall–Kier alpha value is -2.95. The van der Waals surface area contributed by atoms with Crippen molar-refractivity contribution >= 4 is 17.7 Å². The average molecular weight is 284 g/mol. The minimum Gasteiger partial charge on any atom is -0.478 e. The van der Waals surface area contributed by atoms with Gasteiger partial charge in [-0.3, -0.25) is 4.79 Å². The fourth-order valence-corrected chi connectivity index (χ4v) is 2.14. The van der Waals surface area contributed by atoms with E-state index in [-0.39, 0.29) is 11.1 Å². The lowest BCUT2D eigenvalue weighted by molar-refractivity contribution is 0.0649. The Morgan fingerprint density at radius 3 is 1.90 bits per heavy atom. The van der Waals surface area contributed by atoms with Gasteiger partial charge in [-0.15, -0.1) is 0 Å². The molecule has 0 amide bonds. The van der Waals surface area contributed by atoms with Gasteiger partial charge in [-0.1, -0.05) is 36.4 Å². The van der Waals surface area contributed by atoms with E-state index in [0.29, 0.717) is 11.1 Å². The lowest BCUT2D eigenvalue weighted by Crippen LogP contribution is -2.16. The zero-order valence-electron chi connectivity index (χ0n) is 11.2. The smallest absolute Gasteiger partial charge is 0.337 e. The zero-order valence-corrected chi connectivity index (χ0v) is 11.2. The molecule has 5 heteroatoms. The molecular formula is C16H12O5. The summed E-state index contributed by atoms with van der Waals surface area (Å²) in [6.07, 6.45) is 0. The third-order valence-corrected chi connectivity index (χ3v) is 3.12. The van der Waals surface area contributed by atoms with Crippen LogP contribution < -0.4 is 0 Å². The summed E-state index contributed by atoms with van der Waals surface area (Å²) in [5, 5.41) is 18.5. The van der Waals surface area contributed by atoms with Crippen LogP contribution in [0.3, 0.4) is 0 Å². The SMILES string of the molecule is Cc1ccc(C(=O)c2ccccc2)c(C(=O)O)c1C(=O)O. The van der Waals surface area contributed by atoms with Crippen molar-refractivity contribution < 1.29 is 24.6 Å². The predicted octanol–water partition coefficient (Wildman–Crippen LogP) is 2.62. The van der Waals surface area contributed by atoms with Gasteiger partial charge in [0.25, 0.3) is 0 Å². The van der Waals surface area contributed by atoms with Crippen molar-refractivity contribution in [3.63, 3.8) is 0 Å². The molecule has 0 aliphatic carbocycles. The lowest BCUT2D eigenvalue weighted by Gasteiger charge is -2.11. The molecule has 0 spiro atoms. The standard InChI is InChI=1S/C16H12O5/c1-9-7-8-11(13(16(20)21)12(9)15(18)19)14(17)10-5-3-2-4-6-10/h2-8H,1H3,(H,18,19)(H,20,21). The number of carbonyl (C=O) groups excluding carboxylic acids is 1. The van der Waals surface area contributed by atoms with Crippen LogP contribution in [0.1, 0.15) is 42.2 Å². The predicted molar refractivity (Wildman–Crippen MR) is 75.0 cm³/mol. The molecule has 21 heavy (non-hydrogen) atoms. The van der Waals surface area contributed by atoms with Crippen molar-refractivity contribution in [3.8, 4) is 0 Å². The van der Waals surface area contributed by atoms with Crippen LogP contribution in [0.25, 0.3) is 0 Å². The molecule has 0 saturated heterocycles. The van der Waals surface area contributed by atoms with Gasteiger partial charge in [0, 0.05) is 11.1 Å². The number of carboxylic acid groups (broad SMARTS) is 2. The first-order valence-corrected chi connectivity index (χ1v) is 6.13. The summed E-state index contributed by atoms with van der Waals surface area (Å²) in [6, 6.07) is 10.9. The second kappa shape index (κ2) is 5.58. The van der Waals surface area contributed by atoms with Crippen molar-refractivity contribution in [3.05, 3.63) is 70.3 Å². The molecule has 0 bridgehead atoms. The molecule has 0 aromatic heterocycles. The van der Waals surface area contributed by atoms with E-state index in [2.05, 4.69) is 0 Å². The van der Waals surface area contributed by atoms with Gasteiger partial charge in [0.15, 0.2) is 5.78 Å². The van der Waals surface area contributed by atoms with Gasteiger partial charge >= 0.3 is 11.9 Å². The van der Waals surface area contributed by atoms with E-state index in [0.717, 1.165) is 0 Å². The fraction of sp³-hybridized carbons (Fsp3) is 0.0625. The number of rotatable bonds is 4. The van der Waals surface area contributed by atoms with Crippen molar-refractivity contribution in [1.82, 2.24) is 0 Å². The van der Waals surface area contributed by atoms with Crippen LogP contribution in [-0.2, 0) is 0 Å². The molecule has 0 saturated carbocycles. The molecule has 0 aliphatic rings. The molecule has 2 rings (SSSR count). The van der Waals surface area contributed by atoms with Crippen LogP contribution in [0, 0.1) is 6.92 Å². The number of carbonyl (C=O) groups is 3. The van der Waals surface area contributed by atoms with Gasteiger partial charge in [-0.25, -0.2) is 9.59 Å². The highest BCUT2D eigenvalue weighted by atomic mass is 16.4. The summed E-state index contributed by atoms with van der Waals surface area (Å²) in [5.74, 6) is -3.32. The van der Waals surface area contributed by atoms with Crippen LogP contribution in [0.2, 0.25) is 0 Å². The van der Waals surface area contributed by atoms with Crippen molar-refractivity contribution in [2.45, 2.75) is 6.92 Å². The normalized spacial score (nSPS) is 10.1. The van der Waals surface area contributed by atoms with E-state index in [9.17, 15) is 24.6 Å². The molecule has 0 unspecified atom stereocenters. The first kappa shape index (κ1) is 14.5. The Morgan fingerprint density at radius 2 is 1.38 bits per heavy atom. The summed E-state index contributed by atoms with van der Waals surface area (Å²) in [6.45, 7) is 1.49. The fourth-order valence-electron chi connectivity index (χ4n) is 2.14. The average Bonchev–Trinajstić information content (AvgIpc) is 2.46. The highest BCUT2D eigenvalue weighted by molar-refractivity contribution is 6.17. The van der Waals surface area contributed by atoms with Gasteiger partial charge in [0.1, 0.15) is 0 Å². The molecular weight excluding hydrogens is 272 g/mol.